The van der Waals surface area contributed by atoms with Crippen molar-refractivity contribution < 1.29 is 9.47 Å². The normalized spacial score (nSPS) is 12.6. The van der Waals surface area contributed by atoms with Crippen molar-refractivity contribution in [1.82, 2.24) is 10.3 Å². The van der Waals surface area contributed by atoms with Crippen molar-refractivity contribution in [3.63, 3.8) is 0 Å². The minimum atomic E-state index is 0.159. The predicted octanol–water partition coefficient (Wildman–Crippen LogP) is 1.61. The summed E-state index contributed by atoms with van der Waals surface area (Å²) >= 11 is 0. The molecule has 96 valence electrons. The van der Waals surface area contributed by atoms with Crippen molar-refractivity contribution in [2.24, 2.45) is 0 Å². The molecule has 1 unspecified atom stereocenters. The molecule has 4 nitrogen and oxygen atoms in total. The molecule has 0 saturated heterocycles. The molecule has 0 fully saturated rings. The Bertz CT molecular complexity index is 280. The maximum Gasteiger partial charge on any atom is 0.0781 e. The molecule has 1 atom stereocenters. The Morgan fingerprint density at radius 3 is 3.00 bits per heavy atom. The van der Waals surface area contributed by atoms with Crippen LogP contribution in [0.1, 0.15) is 19.5 Å². The summed E-state index contributed by atoms with van der Waals surface area (Å²) in [5.74, 6) is 0. The van der Waals surface area contributed by atoms with E-state index < -0.39 is 0 Å². The van der Waals surface area contributed by atoms with E-state index in [-0.39, 0.29) is 6.10 Å². The fourth-order valence-corrected chi connectivity index (χ4v) is 1.38. The third-order valence-corrected chi connectivity index (χ3v) is 2.27. The minimum absolute atomic E-state index is 0.159. The smallest absolute Gasteiger partial charge is 0.0781 e. The Kier molecular flexibility index (Phi) is 7.54. The van der Waals surface area contributed by atoms with Gasteiger partial charge in [0, 0.05) is 25.9 Å². The predicted molar refractivity (Wildman–Crippen MR) is 67.9 cm³/mol. The average molecular weight is 238 g/mol. The standard InChI is InChI=1S/C13H22N2O2/c1-3-16-11-12(2)17-9-8-14-10-13-6-4-5-7-15-13/h4-7,12,14H,3,8-11H2,1-2H3. The Morgan fingerprint density at radius 2 is 2.29 bits per heavy atom. The molecule has 0 radical (unpaired) electrons. The zero-order valence-electron chi connectivity index (χ0n) is 10.7. The lowest BCUT2D eigenvalue weighted by molar-refractivity contribution is -0.00196. The zero-order chi connectivity index (χ0) is 12.3. The number of rotatable bonds is 9. The lowest BCUT2D eigenvalue weighted by Crippen LogP contribution is -2.24. The number of hydrogen-bond donors (Lipinski definition) is 1. The van der Waals surface area contributed by atoms with E-state index in [9.17, 15) is 0 Å². The van der Waals surface area contributed by atoms with Gasteiger partial charge in [-0.3, -0.25) is 4.98 Å². The van der Waals surface area contributed by atoms with Gasteiger partial charge in [0.05, 0.1) is 25.0 Å². The molecule has 1 aromatic heterocycles. The highest BCUT2D eigenvalue weighted by Gasteiger charge is 2.00. The Balaban J connectivity index is 1.97. The Morgan fingerprint density at radius 1 is 1.41 bits per heavy atom. The van der Waals surface area contributed by atoms with E-state index in [1.54, 1.807) is 6.20 Å². The van der Waals surface area contributed by atoms with Crippen molar-refractivity contribution in [2.75, 3.05) is 26.4 Å². The quantitative estimate of drug-likeness (QED) is 0.664. The average Bonchev–Trinajstić information content (AvgIpc) is 2.37. The van der Waals surface area contributed by atoms with Gasteiger partial charge in [-0.05, 0) is 26.0 Å². The van der Waals surface area contributed by atoms with E-state index in [0.29, 0.717) is 13.2 Å². The number of aromatic nitrogens is 1. The summed E-state index contributed by atoms with van der Waals surface area (Å²) in [5.41, 5.74) is 1.05. The van der Waals surface area contributed by atoms with Gasteiger partial charge in [0.25, 0.3) is 0 Å². The number of nitrogens with one attached hydrogen (secondary N) is 1. The first-order valence-corrected chi connectivity index (χ1v) is 6.13. The second-order valence-electron chi connectivity index (χ2n) is 3.84. The van der Waals surface area contributed by atoms with E-state index in [1.165, 1.54) is 0 Å². The van der Waals surface area contributed by atoms with Gasteiger partial charge in [-0.1, -0.05) is 6.07 Å². The third-order valence-electron chi connectivity index (χ3n) is 2.27. The summed E-state index contributed by atoms with van der Waals surface area (Å²) < 4.78 is 10.8. The molecule has 0 aliphatic carbocycles. The highest BCUT2D eigenvalue weighted by Crippen LogP contribution is 1.93. The van der Waals surface area contributed by atoms with Crippen molar-refractivity contribution >= 4 is 0 Å². The van der Waals surface area contributed by atoms with E-state index in [4.69, 9.17) is 9.47 Å². The van der Waals surface area contributed by atoms with Gasteiger partial charge in [0.15, 0.2) is 0 Å². The van der Waals surface area contributed by atoms with E-state index in [0.717, 1.165) is 25.4 Å². The molecule has 4 heteroatoms. The van der Waals surface area contributed by atoms with Crippen LogP contribution in [0, 0.1) is 0 Å². The van der Waals surface area contributed by atoms with Crippen molar-refractivity contribution in [3.05, 3.63) is 30.1 Å². The van der Waals surface area contributed by atoms with Crippen LogP contribution in [0.5, 0.6) is 0 Å². The van der Waals surface area contributed by atoms with Crippen LogP contribution in [0.25, 0.3) is 0 Å². The van der Waals surface area contributed by atoms with Crippen molar-refractivity contribution in [1.29, 1.82) is 0 Å². The van der Waals surface area contributed by atoms with Gasteiger partial charge in [-0.15, -0.1) is 0 Å². The van der Waals surface area contributed by atoms with Crippen LogP contribution in [0.3, 0.4) is 0 Å². The summed E-state index contributed by atoms with van der Waals surface area (Å²) in [6, 6.07) is 5.91. The molecular formula is C13H22N2O2. The fraction of sp³-hybridized carbons (Fsp3) is 0.615. The molecule has 17 heavy (non-hydrogen) atoms. The third kappa shape index (κ3) is 7.05. The number of hydrogen-bond acceptors (Lipinski definition) is 4. The molecule has 0 aromatic carbocycles. The van der Waals surface area contributed by atoms with Gasteiger partial charge >= 0.3 is 0 Å². The van der Waals surface area contributed by atoms with Gasteiger partial charge in [-0.2, -0.15) is 0 Å². The Hall–Kier alpha value is -0.970. The van der Waals surface area contributed by atoms with E-state index >= 15 is 0 Å². The Labute approximate surface area is 103 Å². The fourth-order valence-electron chi connectivity index (χ4n) is 1.38. The number of nitrogens with zero attached hydrogens (tertiary/aromatic N) is 1. The van der Waals surface area contributed by atoms with Gasteiger partial charge in [-0.25, -0.2) is 0 Å². The summed E-state index contributed by atoms with van der Waals surface area (Å²) in [7, 11) is 0. The zero-order valence-corrected chi connectivity index (χ0v) is 10.7. The molecule has 0 spiro atoms. The van der Waals surface area contributed by atoms with E-state index in [2.05, 4.69) is 10.3 Å². The monoisotopic (exact) mass is 238 g/mol. The van der Waals surface area contributed by atoms with Gasteiger partial charge < -0.3 is 14.8 Å². The van der Waals surface area contributed by atoms with E-state index in [1.807, 2.05) is 32.0 Å². The second-order valence-corrected chi connectivity index (χ2v) is 3.84. The molecule has 1 aromatic rings. The first kappa shape index (κ1) is 14.1. The highest BCUT2D eigenvalue weighted by molar-refractivity contribution is 5.02. The van der Waals surface area contributed by atoms with Crippen LogP contribution in [0.4, 0.5) is 0 Å². The van der Waals surface area contributed by atoms with Crippen molar-refractivity contribution in [3.8, 4) is 0 Å². The van der Waals surface area contributed by atoms with Gasteiger partial charge in [0.2, 0.25) is 0 Å². The summed E-state index contributed by atoms with van der Waals surface area (Å²) in [5, 5.41) is 3.28. The molecule has 1 heterocycles. The molecule has 1 rings (SSSR count). The first-order chi connectivity index (χ1) is 8.33. The summed E-state index contributed by atoms with van der Waals surface area (Å²) in [6.45, 7) is 7.72. The molecule has 0 saturated carbocycles. The van der Waals surface area contributed by atoms with Crippen LogP contribution in [-0.4, -0.2) is 37.5 Å². The second kappa shape index (κ2) is 9.10. The molecule has 0 amide bonds. The van der Waals surface area contributed by atoms with Crippen molar-refractivity contribution in [2.45, 2.75) is 26.5 Å². The maximum atomic E-state index is 5.57. The van der Waals surface area contributed by atoms with Crippen LogP contribution in [0.15, 0.2) is 24.4 Å². The summed E-state index contributed by atoms with van der Waals surface area (Å²) in [4.78, 5) is 4.23. The SMILES string of the molecule is CCOCC(C)OCCNCc1ccccn1. The number of pyridine rings is 1. The molecular weight excluding hydrogens is 216 g/mol. The van der Waals surface area contributed by atoms with Crippen LogP contribution in [-0.2, 0) is 16.0 Å². The topological polar surface area (TPSA) is 43.4 Å². The van der Waals surface area contributed by atoms with Crippen LogP contribution in [0.2, 0.25) is 0 Å². The van der Waals surface area contributed by atoms with Crippen LogP contribution < -0.4 is 5.32 Å². The minimum Gasteiger partial charge on any atom is -0.379 e. The summed E-state index contributed by atoms with van der Waals surface area (Å²) in [6.07, 6.45) is 1.96. The molecule has 0 bridgehead atoms. The lowest BCUT2D eigenvalue weighted by Gasteiger charge is -2.13. The molecule has 0 aliphatic rings. The number of ether oxygens (including phenoxy) is 2. The lowest BCUT2D eigenvalue weighted by atomic mass is 10.3. The first-order valence-electron chi connectivity index (χ1n) is 6.13. The maximum absolute atomic E-state index is 5.57. The highest BCUT2D eigenvalue weighted by atomic mass is 16.5. The molecule has 1 N–H and O–H groups in total. The van der Waals surface area contributed by atoms with Gasteiger partial charge in [0.1, 0.15) is 0 Å². The van der Waals surface area contributed by atoms with Crippen LogP contribution >= 0.6 is 0 Å². The largest absolute Gasteiger partial charge is 0.379 e. The molecule has 0 aliphatic heterocycles.